The third-order valence-electron chi connectivity index (χ3n) is 6.14. The average Bonchev–Trinajstić information content (AvgIpc) is 2.51. The summed E-state index contributed by atoms with van der Waals surface area (Å²) >= 11 is 0. The molecule has 1 amide bonds. The lowest BCUT2D eigenvalue weighted by Gasteiger charge is -2.56. The second-order valence-corrected chi connectivity index (χ2v) is 7.88. The molecule has 1 N–H and O–H groups in total. The van der Waals surface area contributed by atoms with E-state index in [9.17, 15) is 4.79 Å². The first kappa shape index (κ1) is 14.2. The van der Waals surface area contributed by atoms with Gasteiger partial charge >= 0.3 is 0 Å². The van der Waals surface area contributed by atoms with E-state index in [0.717, 1.165) is 36.3 Å². The van der Waals surface area contributed by atoms with E-state index in [1.54, 1.807) is 0 Å². The molecule has 4 bridgehead atoms. The lowest BCUT2D eigenvalue weighted by Crippen LogP contribution is -2.49. The summed E-state index contributed by atoms with van der Waals surface area (Å²) in [6.45, 7) is 2.82. The van der Waals surface area contributed by atoms with Crippen molar-refractivity contribution in [1.29, 1.82) is 0 Å². The minimum absolute atomic E-state index is 0.0511. The Balaban J connectivity index is 1.61. The molecule has 4 aliphatic rings. The van der Waals surface area contributed by atoms with Crippen molar-refractivity contribution in [2.24, 2.45) is 17.8 Å². The van der Waals surface area contributed by atoms with Crippen LogP contribution in [0.3, 0.4) is 0 Å². The Morgan fingerprint density at radius 1 is 1.23 bits per heavy atom. The van der Waals surface area contributed by atoms with Gasteiger partial charge in [-0.2, -0.15) is 0 Å². The van der Waals surface area contributed by atoms with Gasteiger partial charge in [0.15, 0.2) is 0 Å². The number of aromatic nitrogens is 1. The van der Waals surface area contributed by atoms with Crippen LogP contribution in [0.25, 0.3) is 0 Å². The molecule has 3 nitrogen and oxygen atoms in total. The van der Waals surface area contributed by atoms with Gasteiger partial charge in [-0.05, 0) is 74.8 Å². The Kier molecular flexibility index (Phi) is 3.47. The Morgan fingerprint density at radius 2 is 1.86 bits per heavy atom. The Bertz CT molecular complexity index is 545. The standard InChI is InChI=1S/C19H26N2O/c1-2-4-21-18(22)16-3-5-20-17(9-16)19-10-13-6-14(11-19)8-15(7-13)12-19/h3,5,9,13-15H,2,4,6-8,10-12H2,1H3,(H,21,22). The largest absolute Gasteiger partial charge is 0.352 e. The summed E-state index contributed by atoms with van der Waals surface area (Å²) in [5.41, 5.74) is 2.25. The van der Waals surface area contributed by atoms with Crippen LogP contribution < -0.4 is 5.32 Å². The van der Waals surface area contributed by atoms with Crippen LogP contribution in [0, 0.1) is 17.8 Å². The van der Waals surface area contributed by atoms with E-state index in [-0.39, 0.29) is 11.3 Å². The molecular formula is C19H26N2O. The Morgan fingerprint density at radius 3 is 2.45 bits per heavy atom. The van der Waals surface area contributed by atoms with E-state index in [4.69, 9.17) is 4.98 Å². The fraction of sp³-hybridized carbons (Fsp3) is 0.684. The lowest BCUT2D eigenvalue weighted by molar-refractivity contribution is -0.00722. The third-order valence-corrected chi connectivity index (χ3v) is 6.14. The molecule has 0 atom stereocenters. The van der Waals surface area contributed by atoms with Gasteiger partial charge in [0.2, 0.25) is 0 Å². The van der Waals surface area contributed by atoms with Crippen LogP contribution in [-0.4, -0.2) is 17.4 Å². The fourth-order valence-electron chi connectivity index (χ4n) is 5.63. The number of pyridine rings is 1. The second-order valence-electron chi connectivity index (χ2n) is 7.88. The number of hydrogen-bond donors (Lipinski definition) is 1. The Labute approximate surface area is 132 Å². The van der Waals surface area contributed by atoms with Crippen molar-refractivity contribution < 1.29 is 4.79 Å². The van der Waals surface area contributed by atoms with E-state index in [2.05, 4.69) is 18.3 Å². The maximum absolute atomic E-state index is 12.2. The molecule has 5 rings (SSSR count). The molecule has 22 heavy (non-hydrogen) atoms. The predicted molar refractivity (Wildman–Crippen MR) is 86.7 cm³/mol. The highest BCUT2D eigenvalue weighted by atomic mass is 16.1. The van der Waals surface area contributed by atoms with Crippen LogP contribution in [0.15, 0.2) is 18.3 Å². The molecule has 1 aromatic rings. The van der Waals surface area contributed by atoms with Crippen molar-refractivity contribution in [2.75, 3.05) is 6.54 Å². The molecule has 1 aromatic heterocycles. The molecule has 4 fully saturated rings. The molecule has 0 spiro atoms. The van der Waals surface area contributed by atoms with Gasteiger partial charge in [-0.15, -0.1) is 0 Å². The number of nitrogens with zero attached hydrogens (tertiary/aromatic N) is 1. The second kappa shape index (κ2) is 5.36. The molecule has 4 aliphatic carbocycles. The molecule has 0 aromatic carbocycles. The fourth-order valence-corrected chi connectivity index (χ4v) is 5.63. The summed E-state index contributed by atoms with van der Waals surface area (Å²) in [7, 11) is 0. The van der Waals surface area contributed by atoms with Crippen molar-refractivity contribution >= 4 is 5.91 Å². The van der Waals surface area contributed by atoms with Crippen LogP contribution in [0.4, 0.5) is 0 Å². The normalized spacial score (nSPS) is 35.6. The number of carbonyl (C=O) groups is 1. The minimum atomic E-state index is 0.0511. The summed E-state index contributed by atoms with van der Waals surface area (Å²) < 4.78 is 0. The lowest BCUT2D eigenvalue weighted by atomic mass is 9.48. The molecule has 118 valence electrons. The maximum Gasteiger partial charge on any atom is 0.251 e. The van der Waals surface area contributed by atoms with Crippen molar-refractivity contribution in [3.8, 4) is 0 Å². The SMILES string of the molecule is CCCNC(=O)c1ccnc(C23CC4CC(CC(C4)C2)C3)c1. The number of amides is 1. The van der Waals surface area contributed by atoms with Gasteiger partial charge in [-0.25, -0.2) is 0 Å². The van der Waals surface area contributed by atoms with Gasteiger partial charge in [0.05, 0.1) is 0 Å². The first-order chi connectivity index (χ1) is 10.7. The van der Waals surface area contributed by atoms with Crippen LogP contribution in [0.2, 0.25) is 0 Å². The van der Waals surface area contributed by atoms with Crippen LogP contribution in [0.5, 0.6) is 0 Å². The smallest absolute Gasteiger partial charge is 0.251 e. The molecule has 0 radical (unpaired) electrons. The molecular weight excluding hydrogens is 272 g/mol. The number of nitrogens with one attached hydrogen (secondary N) is 1. The van der Waals surface area contributed by atoms with E-state index in [1.807, 2.05) is 12.3 Å². The van der Waals surface area contributed by atoms with Gasteiger partial charge in [0, 0.05) is 29.4 Å². The number of carbonyl (C=O) groups excluding carboxylic acids is 1. The van der Waals surface area contributed by atoms with Gasteiger partial charge in [-0.1, -0.05) is 6.92 Å². The van der Waals surface area contributed by atoms with Crippen LogP contribution >= 0.6 is 0 Å². The summed E-state index contributed by atoms with van der Waals surface area (Å²) in [5, 5.41) is 2.98. The van der Waals surface area contributed by atoms with E-state index >= 15 is 0 Å². The number of rotatable bonds is 4. The molecule has 1 heterocycles. The molecule has 0 aliphatic heterocycles. The molecule has 4 saturated carbocycles. The first-order valence-electron chi connectivity index (χ1n) is 8.93. The zero-order chi connectivity index (χ0) is 15.2. The zero-order valence-electron chi connectivity index (χ0n) is 13.5. The van der Waals surface area contributed by atoms with Gasteiger partial charge in [0.25, 0.3) is 5.91 Å². The molecule has 0 unspecified atom stereocenters. The van der Waals surface area contributed by atoms with Crippen molar-refractivity contribution in [1.82, 2.24) is 10.3 Å². The van der Waals surface area contributed by atoms with E-state index in [0.29, 0.717) is 0 Å². The molecule has 0 saturated heterocycles. The van der Waals surface area contributed by atoms with E-state index < -0.39 is 0 Å². The maximum atomic E-state index is 12.2. The highest BCUT2D eigenvalue weighted by Gasteiger charge is 2.52. The van der Waals surface area contributed by atoms with Crippen LogP contribution in [-0.2, 0) is 5.41 Å². The summed E-state index contributed by atoms with van der Waals surface area (Å²) in [6, 6.07) is 3.94. The Hall–Kier alpha value is -1.38. The average molecular weight is 298 g/mol. The summed E-state index contributed by atoms with van der Waals surface area (Å²) in [6.07, 6.45) is 11.0. The van der Waals surface area contributed by atoms with Gasteiger partial charge < -0.3 is 5.32 Å². The van der Waals surface area contributed by atoms with Gasteiger partial charge in [0.1, 0.15) is 0 Å². The van der Waals surface area contributed by atoms with Gasteiger partial charge in [-0.3, -0.25) is 9.78 Å². The first-order valence-corrected chi connectivity index (χ1v) is 8.93. The highest BCUT2D eigenvalue weighted by Crippen LogP contribution is 2.60. The van der Waals surface area contributed by atoms with Crippen molar-refractivity contribution in [3.05, 3.63) is 29.6 Å². The molecule has 3 heteroatoms. The monoisotopic (exact) mass is 298 g/mol. The predicted octanol–water partition coefficient (Wildman–Crippen LogP) is 3.69. The van der Waals surface area contributed by atoms with Crippen molar-refractivity contribution in [3.63, 3.8) is 0 Å². The quantitative estimate of drug-likeness (QED) is 0.921. The number of hydrogen-bond acceptors (Lipinski definition) is 2. The van der Waals surface area contributed by atoms with Crippen LogP contribution in [0.1, 0.15) is 67.9 Å². The van der Waals surface area contributed by atoms with E-state index in [1.165, 1.54) is 44.2 Å². The summed E-state index contributed by atoms with van der Waals surface area (Å²) in [5.74, 6) is 2.78. The van der Waals surface area contributed by atoms with Crippen molar-refractivity contribution in [2.45, 2.75) is 57.3 Å². The summed E-state index contributed by atoms with van der Waals surface area (Å²) in [4.78, 5) is 17.0. The third kappa shape index (κ3) is 2.35. The minimum Gasteiger partial charge on any atom is -0.352 e. The highest BCUT2D eigenvalue weighted by molar-refractivity contribution is 5.94. The zero-order valence-corrected chi connectivity index (χ0v) is 13.5. The topological polar surface area (TPSA) is 42.0 Å².